The normalized spacial score (nSPS) is 17.6. The van der Waals surface area contributed by atoms with Gasteiger partial charge in [0.2, 0.25) is 0 Å². The van der Waals surface area contributed by atoms with E-state index in [9.17, 15) is 79.4 Å². The van der Waals surface area contributed by atoms with Crippen LogP contribution < -0.4 is 5.32 Å². The monoisotopic (exact) mass is 571 g/mol. The minimum atomic E-state index is -8.72. The maximum absolute atomic E-state index is 13.7. The average Bonchev–Trinajstić information content (AvgIpc) is 2.72. The minimum Gasteiger partial charge on any atom is -0.350 e. The number of alkyl halides is 17. The first-order chi connectivity index (χ1) is 15.7. The second-order valence-corrected chi connectivity index (χ2v) is 7.63. The molecule has 0 aromatic heterocycles. The third kappa shape index (κ3) is 4.69. The molecule has 36 heavy (non-hydrogen) atoms. The summed E-state index contributed by atoms with van der Waals surface area (Å²) in [5.41, 5.74) is 0.473. The van der Waals surface area contributed by atoms with Gasteiger partial charge in [-0.2, -0.15) is 74.6 Å². The zero-order chi connectivity index (χ0) is 28.8. The number of halogens is 17. The van der Waals surface area contributed by atoms with Crippen LogP contribution in [0, 0.1) is 0 Å². The topological polar surface area (TPSA) is 29.1 Å². The Morgan fingerprint density at radius 1 is 0.639 bits per heavy atom. The summed E-state index contributed by atoms with van der Waals surface area (Å²) >= 11 is 0. The van der Waals surface area contributed by atoms with Crippen LogP contribution in [0.2, 0.25) is 0 Å². The molecule has 0 aromatic rings. The Morgan fingerprint density at radius 2 is 1.06 bits per heavy atom. The van der Waals surface area contributed by atoms with Gasteiger partial charge in [0.25, 0.3) is 5.91 Å². The lowest BCUT2D eigenvalue weighted by molar-refractivity contribution is -0.459. The van der Waals surface area contributed by atoms with Crippen molar-refractivity contribution in [1.82, 2.24) is 5.32 Å². The highest BCUT2D eigenvalue weighted by atomic mass is 19.4. The van der Waals surface area contributed by atoms with E-state index < -0.39 is 60.1 Å². The van der Waals surface area contributed by atoms with Crippen molar-refractivity contribution in [3.05, 3.63) is 11.6 Å². The summed E-state index contributed by atoms with van der Waals surface area (Å²) in [6.45, 7) is -0.996. The smallest absolute Gasteiger partial charge is 0.350 e. The molecule has 1 rings (SSSR count). The first-order valence-electron chi connectivity index (χ1n) is 9.42. The number of hydrogen-bond donors (Lipinski definition) is 1. The van der Waals surface area contributed by atoms with E-state index in [1.807, 2.05) is 0 Å². The molecule has 2 nitrogen and oxygen atoms in total. The van der Waals surface area contributed by atoms with Crippen LogP contribution in [0.1, 0.15) is 32.1 Å². The third-order valence-electron chi connectivity index (χ3n) is 5.12. The lowest BCUT2D eigenvalue weighted by Gasteiger charge is -2.42. The maximum Gasteiger partial charge on any atom is 0.460 e. The van der Waals surface area contributed by atoms with Crippen molar-refractivity contribution in [2.75, 3.05) is 6.54 Å². The highest BCUT2D eigenvalue weighted by Crippen LogP contribution is 2.63. The zero-order valence-electron chi connectivity index (χ0n) is 17.2. The van der Waals surface area contributed by atoms with Gasteiger partial charge in [-0.3, -0.25) is 4.79 Å². The highest BCUT2D eigenvalue weighted by molar-refractivity contribution is 5.84. The van der Waals surface area contributed by atoms with Crippen LogP contribution in [0.3, 0.4) is 0 Å². The minimum absolute atomic E-state index is 0.337. The van der Waals surface area contributed by atoms with Crippen LogP contribution in [0.5, 0.6) is 0 Å². The molecule has 0 unspecified atom stereocenters. The summed E-state index contributed by atoms with van der Waals surface area (Å²) in [6, 6.07) is 0. The third-order valence-corrected chi connectivity index (χ3v) is 5.12. The summed E-state index contributed by atoms with van der Waals surface area (Å²) in [5, 5.41) is 0.921. The molecule has 0 radical (unpaired) electrons. The van der Waals surface area contributed by atoms with E-state index in [4.69, 9.17) is 0 Å². The van der Waals surface area contributed by atoms with Crippen molar-refractivity contribution >= 4 is 5.91 Å². The number of nitrogens with one attached hydrogen (secondary N) is 1. The van der Waals surface area contributed by atoms with Crippen molar-refractivity contribution in [3.8, 4) is 0 Å². The largest absolute Gasteiger partial charge is 0.460 e. The average molecular weight is 571 g/mol. The Labute approximate surface area is 189 Å². The van der Waals surface area contributed by atoms with Crippen LogP contribution in [0.15, 0.2) is 11.6 Å². The SMILES string of the molecule is O=C(NCCC1=CCCCC1)C(F)(F)C(F)(F)C(F)(F)C(F)(F)C(F)(F)C(F)(F)C(F)(F)C(F)(F)F. The molecule has 212 valence electrons. The van der Waals surface area contributed by atoms with Gasteiger partial charge < -0.3 is 5.32 Å². The number of allylic oxidation sites excluding steroid dienone is 1. The molecule has 19 heteroatoms. The van der Waals surface area contributed by atoms with E-state index in [1.165, 1.54) is 6.08 Å². The summed E-state index contributed by atoms with van der Waals surface area (Å²) in [4.78, 5) is 11.3. The van der Waals surface area contributed by atoms with Gasteiger partial charge in [-0.25, -0.2) is 0 Å². The van der Waals surface area contributed by atoms with Crippen molar-refractivity contribution in [1.29, 1.82) is 0 Å². The number of carbonyl (C=O) groups is 1. The molecule has 1 aliphatic rings. The van der Waals surface area contributed by atoms with Crippen molar-refractivity contribution < 1.29 is 79.4 Å². The van der Waals surface area contributed by atoms with E-state index in [-0.39, 0.29) is 6.42 Å². The van der Waals surface area contributed by atoms with Gasteiger partial charge in [0.15, 0.2) is 0 Å². The fraction of sp³-hybridized carbons (Fsp3) is 0.824. The Kier molecular flexibility index (Phi) is 8.37. The summed E-state index contributed by atoms with van der Waals surface area (Å²) in [7, 11) is 0. The molecular weight excluding hydrogens is 557 g/mol. The lowest BCUT2D eigenvalue weighted by atomic mass is 9.88. The molecule has 0 aromatic carbocycles. The van der Waals surface area contributed by atoms with Crippen LogP contribution in [0.25, 0.3) is 0 Å². The standard InChI is InChI=1S/C17H14F17NO/c18-10(19,9(36)35-7-6-8-4-2-1-3-5-8)11(20,21)12(22,23)13(24,25)14(26,27)15(28,29)16(30,31)17(32,33)34/h4H,1-3,5-7H2,(H,35,36). The van der Waals surface area contributed by atoms with Gasteiger partial charge in [-0.1, -0.05) is 11.6 Å². The predicted molar refractivity (Wildman–Crippen MR) is 84.9 cm³/mol. The Bertz CT molecular complexity index is 843. The van der Waals surface area contributed by atoms with Gasteiger partial charge in [-0.05, 0) is 32.1 Å². The van der Waals surface area contributed by atoms with E-state index in [1.54, 1.807) is 0 Å². The number of rotatable bonds is 10. The molecule has 1 N–H and O–H groups in total. The van der Waals surface area contributed by atoms with Crippen LogP contribution in [0.4, 0.5) is 74.6 Å². The number of carbonyl (C=O) groups excluding carboxylic acids is 1. The molecule has 0 saturated heterocycles. The second kappa shape index (κ2) is 9.40. The van der Waals surface area contributed by atoms with Gasteiger partial charge >= 0.3 is 47.6 Å². The quantitative estimate of drug-likeness (QED) is 0.222. The van der Waals surface area contributed by atoms with Crippen molar-refractivity contribution in [2.24, 2.45) is 0 Å². The number of hydrogen-bond acceptors (Lipinski definition) is 1. The van der Waals surface area contributed by atoms with Crippen LogP contribution in [-0.2, 0) is 4.79 Å². The first-order valence-corrected chi connectivity index (χ1v) is 9.42. The maximum atomic E-state index is 13.7. The van der Waals surface area contributed by atoms with E-state index in [0.717, 1.165) is 5.32 Å². The van der Waals surface area contributed by atoms with Crippen LogP contribution >= 0.6 is 0 Å². The predicted octanol–water partition coefficient (Wildman–Crippen LogP) is 7.00. The molecule has 0 bridgehead atoms. The van der Waals surface area contributed by atoms with Gasteiger partial charge in [0.05, 0.1) is 0 Å². The molecule has 0 fully saturated rings. The summed E-state index contributed by atoms with van der Waals surface area (Å²) in [6.07, 6.45) is -4.48. The Balaban J connectivity index is 3.33. The van der Waals surface area contributed by atoms with Gasteiger partial charge in [-0.15, -0.1) is 0 Å². The molecule has 0 saturated carbocycles. The fourth-order valence-corrected chi connectivity index (χ4v) is 2.89. The summed E-state index contributed by atoms with van der Waals surface area (Å²) < 4.78 is 224. The first kappa shape index (κ1) is 32.0. The molecule has 1 aliphatic carbocycles. The van der Waals surface area contributed by atoms with E-state index in [2.05, 4.69) is 0 Å². The molecule has 0 spiro atoms. The highest BCUT2D eigenvalue weighted by Gasteiger charge is 2.95. The fourth-order valence-electron chi connectivity index (χ4n) is 2.89. The Hall–Kier alpha value is -1.98. The lowest BCUT2D eigenvalue weighted by Crippen LogP contribution is -2.75. The van der Waals surface area contributed by atoms with Gasteiger partial charge in [0.1, 0.15) is 0 Å². The van der Waals surface area contributed by atoms with Gasteiger partial charge in [0, 0.05) is 6.54 Å². The molecule has 0 heterocycles. The second-order valence-electron chi connectivity index (χ2n) is 7.63. The van der Waals surface area contributed by atoms with Crippen LogP contribution in [-0.4, -0.2) is 60.1 Å². The van der Waals surface area contributed by atoms with Crippen molar-refractivity contribution in [2.45, 2.75) is 79.7 Å². The molecular formula is C17H14F17NO. The Morgan fingerprint density at radius 3 is 1.44 bits per heavy atom. The molecule has 1 amide bonds. The zero-order valence-corrected chi connectivity index (χ0v) is 17.2. The van der Waals surface area contributed by atoms with E-state index in [0.29, 0.717) is 31.3 Å². The van der Waals surface area contributed by atoms with Crippen molar-refractivity contribution in [3.63, 3.8) is 0 Å². The van der Waals surface area contributed by atoms with E-state index >= 15 is 0 Å². The molecule has 0 aliphatic heterocycles. The summed E-state index contributed by atoms with van der Waals surface area (Å²) in [5.74, 6) is -61.2. The molecule has 0 atom stereocenters. The number of amides is 1.